The number of aliphatic hydroxyl groups is 1. The van der Waals surface area contributed by atoms with Gasteiger partial charge in [0.1, 0.15) is 5.76 Å². The number of aromatic nitrogens is 1. The van der Waals surface area contributed by atoms with Gasteiger partial charge in [-0.05, 0) is 64.0 Å². The zero-order chi connectivity index (χ0) is 16.1. The minimum Gasteiger partial charge on any atom is -0.509 e. The van der Waals surface area contributed by atoms with Gasteiger partial charge in [0.25, 0.3) is 5.91 Å². The monoisotopic (exact) mass is 300 g/mol. The molecular weight excluding hydrogens is 276 g/mol. The minimum absolute atomic E-state index is 0.163. The number of aliphatic hydroxyl groups excluding tert-OH is 1. The molecule has 4 nitrogen and oxygen atoms in total. The second kappa shape index (κ2) is 5.11. The van der Waals surface area contributed by atoms with Crippen LogP contribution in [0.15, 0.2) is 11.8 Å². The van der Waals surface area contributed by atoms with Crippen molar-refractivity contribution in [3.63, 3.8) is 0 Å². The van der Waals surface area contributed by atoms with E-state index in [1.54, 1.807) is 0 Å². The van der Waals surface area contributed by atoms with Crippen molar-refractivity contribution in [2.24, 2.45) is 5.92 Å². The van der Waals surface area contributed by atoms with Gasteiger partial charge in [0.2, 0.25) is 0 Å². The van der Waals surface area contributed by atoms with Gasteiger partial charge in [0, 0.05) is 17.0 Å². The summed E-state index contributed by atoms with van der Waals surface area (Å²) in [6.07, 6.45) is 3.68. The lowest BCUT2D eigenvalue weighted by atomic mass is 9.76. The van der Waals surface area contributed by atoms with Crippen LogP contribution in [-0.2, 0) is 4.79 Å². The zero-order valence-electron chi connectivity index (χ0n) is 13.8. The molecule has 0 atom stereocenters. The number of pyridine rings is 1. The third-order valence-electron chi connectivity index (χ3n) is 5.17. The van der Waals surface area contributed by atoms with Gasteiger partial charge in [-0.1, -0.05) is 6.92 Å². The minimum atomic E-state index is -0.553. The van der Waals surface area contributed by atoms with E-state index in [9.17, 15) is 9.90 Å². The molecule has 0 radical (unpaired) electrons. The van der Waals surface area contributed by atoms with Gasteiger partial charge in [0.15, 0.2) is 0 Å². The van der Waals surface area contributed by atoms with Crippen molar-refractivity contribution in [1.82, 2.24) is 10.3 Å². The van der Waals surface area contributed by atoms with Gasteiger partial charge in [-0.2, -0.15) is 0 Å². The Balaban J connectivity index is 2.10. The Morgan fingerprint density at radius 1 is 1.27 bits per heavy atom. The highest BCUT2D eigenvalue weighted by molar-refractivity contribution is 6.23. The molecule has 1 fully saturated rings. The molecule has 0 bridgehead atoms. The number of nitrogens with one attached hydrogen (secondary N) is 1. The number of rotatable bonds is 1. The van der Waals surface area contributed by atoms with Gasteiger partial charge in [-0.3, -0.25) is 9.78 Å². The third-order valence-corrected chi connectivity index (χ3v) is 5.17. The van der Waals surface area contributed by atoms with E-state index in [0.29, 0.717) is 11.5 Å². The Hall–Kier alpha value is -1.84. The maximum Gasteiger partial charge on any atom is 0.256 e. The summed E-state index contributed by atoms with van der Waals surface area (Å²) in [5.74, 6) is 0.717. The molecule has 1 aliphatic carbocycles. The van der Waals surface area contributed by atoms with E-state index in [4.69, 9.17) is 0 Å². The number of hydrogen-bond acceptors (Lipinski definition) is 3. The molecule has 1 aromatic rings. The first-order chi connectivity index (χ1) is 10.3. The molecule has 2 aliphatic rings. The van der Waals surface area contributed by atoms with Crippen LogP contribution in [0.25, 0.3) is 5.57 Å². The van der Waals surface area contributed by atoms with Crippen molar-refractivity contribution in [1.29, 1.82) is 0 Å². The molecule has 1 spiro atoms. The van der Waals surface area contributed by atoms with Crippen LogP contribution >= 0.6 is 0 Å². The number of carbonyl (C=O) groups is 1. The molecule has 4 heteroatoms. The molecule has 0 unspecified atom stereocenters. The van der Waals surface area contributed by atoms with Crippen LogP contribution in [0.2, 0.25) is 0 Å². The summed E-state index contributed by atoms with van der Waals surface area (Å²) in [5.41, 5.74) is 3.38. The van der Waals surface area contributed by atoms with Crippen LogP contribution in [0.1, 0.15) is 55.1 Å². The molecule has 0 saturated heterocycles. The second-order valence-corrected chi connectivity index (χ2v) is 6.98. The highest BCUT2D eigenvalue weighted by atomic mass is 16.3. The maximum atomic E-state index is 12.6. The van der Waals surface area contributed by atoms with Gasteiger partial charge < -0.3 is 10.4 Å². The molecule has 1 amide bonds. The van der Waals surface area contributed by atoms with Crippen LogP contribution in [0.3, 0.4) is 0 Å². The average Bonchev–Trinajstić information content (AvgIpc) is 2.66. The third kappa shape index (κ3) is 2.21. The molecule has 0 aromatic carbocycles. The first-order valence-corrected chi connectivity index (χ1v) is 8.05. The van der Waals surface area contributed by atoms with E-state index in [0.717, 1.165) is 48.2 Å². The molecule has 118 valence electrons. The number of aryl methyl sites for hydroxylation is 3. The molecule has 1 aromatic heterocycles. The largest absolute Gasteiger partial charge is 0.509 e. The Kier molecular flexibility index (Phi) is 3.50. The summed E-state index contributed by atoms with van der Waals surface area (Å²) in [6.45, 7) is 8.04. The average molecular weight is 300 g/mol. The normalized spacial score (nSPS) is 28.4. The maximum absolute atomic E-state index is 12.6. The van der Waals surface area contributed by atoms with E-state index in [1.807, 2.05) is 26.8 Å². The Bertz CT molecular complexity index is 645. The quantitative estimate of drug-likeness (QED) is 0.836. The van der Waals surface area contributed by atoms with Crippen molar-refractivity contribution in [3.8, 4) is 0 Å². The lowest BCUT2D eigenvalue weighted by Crippen LogP contribution is -2.47. The first kappa shape index (κ1) is 15.1. The summed E-state index contributed by atoms with van der Waals surface area (Å²) in [4.78, 5) is 17.0. The fraction of sp³-hybridized carbons (Fsp3) is 0.556. The standard InChI is InChI=1S/C18H24N2O2/c1-10-5-7-18(8-6-10)16(21)15(17(22)20-18)14-11(2)9-12(3)19-13(14)4/h9-10,21H,5-8H2,1-4H3,(H,20,22). The van der Waals surface area contributed by atoms with Crippen molar-refractivity contribution < 1.29 is 9.90 Å². The van der Waals surface area contributed by atoms with E-state index in [-0.39, 0.29) is 11.7 Å². The fourth-order valence-corrected chi connectivity index (χ4v) is 3.94. The lowest BCUT2D eigenvalue weighted by Gasteiger charge is -2.36. The van der Waals surface area contributed by atoms with Crippen molar-refractivity contribution in [3.05, 3.63) is 34.3 Å². The Morgan fingerprint density at radius 2 is 1.91 bits per heavy atom. The number of nitrogens with zero attached hydrogens (tertiary/aromatic N) is 1. The number of hydrogen-bond donors (Lipinski definition) is 2. The van der Waals surface area contributed by atoms with Crippen LogP contribution in [0.5, 0.6) is 0 Å². The smallest absolute Gasteiger partial charge is 0.256 e. The topological polar surface area (TPSA) is 62.2 Å². The fourth-order valence-electron chi connectivity index (χ4n) is 3.94. The van der Waals surface area contributed by atoms with Crippen molar-refractivity contribution in [2.45, 2.75) is 58.9 Å². The van der Waals surface area contributed by atoms with Gasteiger partial charge in [-0.15, -0.1) is 0 Å². The molecular formula is C18H24N2O2. The summed E-state index contributed by atoms with van der Waals surface area (Å²) in [5, 5.41) is 13.9. The number of amides is 1. The van der Waals surface area contributed by atoms with Crippen LogP contribution in [0, 0.1) is 26.7 Å². The van der Waals surface area contributed by atoms with E-state index >= 15 is 0 Å². The molecule has 22 heavy (non-hydrogen) atoms. The van der Waals surface area contributed by atoms with Crippen LogP contribution < -0.4 is 5.32 Å². The lowest BCUT2D eigenvalue weighted by molar-refractivity contribution is -0.116. The first-order valence-electron chi connectivity index (χ1n) is 8.05. The highest BCUT2D eigenvalue weighted by Gasteiger charge is 2.47. The molecule has 2 N–H and O–H groups in total. The summed E-state index contributed by atoms with van der Waals surface area (Å²) in [7, 11) is 0. The predicted octanol–water partition coefficient (Wildman–Crippen LogP) is 3.35. The van der Waals surface area contributed by atoms with Crippen LogP contribution in [-0.4, -0.2) is 21.5 Å². The van der Waals surface area contributed by atoms with Gasteiger partial charge in [-0.25, -0.2) is 0 Å². The van der Waals surface area contributed by atoms with Crippen molar-refractivity contribution in [2.75, 3.05) is 0 Å². The van der Waals surface area contributed by atoms with Gasteiger partial charge >= 0.3 is 0 Å². The molecule has 3 rings (SSSR count). The molecule has 1 aliphatic heterocycles. The van der Waals surface area contributed by atoms with Crippen molar-refractivity contribution >= 4 is 11.5 Å². The Labute approximate surface area is 131 Å². The summed E-state index contributed by atoms with van der Waals surface area (Å²) in [6, 6.07) is 1.96. The Morgan fingerprint density at radius 3 is 2.50 bits per heavy atom. The second-order valence-electron chi connectivity index (χ2n) is 6.98. The van der Waals surface area contributed by atoms with E-state index in [2.05, 4.69) is 17.2 Å². The SMILES string of the molecule is Cc1cc(C)c(C2=C(O)C3(CCC(C)CC3)NC2=O)c(C)n1. The summed E-state index contributed by atoms with van der Waals surface area (Å²) < 4.78 is 0. The van der Waals surface area contributed by atoms with E-state index < -0.39 is 5.54 Å². The highest BCUT2D eigenvalue weighted by Crippen LogP contribution is 2.43. The molecule has 1 saturated carbocycles. The predicted molar refractivity (Wildman–Crippen MR) is 86.5 cm³/mol. The van der Waals surface area contributed by atoms with Crippen LogP contribution in [0.4, 0.5) is 0 Å². The van der Waals surface area contributed by atoms with Gasteiger partial charge in [0.05, 0.1) is 11.1 Å². The summed E-state index contributed by atoms with van der Waals surface area (Å²) >= 11 is 0. The number of carbonyl (C=O) groups excluding carboxylic acids is 1. The zero-order valence-corrected chi connectivity index (χ0v) is 13.8. The van der Waals surface area contributed by atoms with E-state index in [1.165, 1.54) is 0 Å². The molecule has 2 heterocycles.